The molecule has 3 aliphatic rings. The molecule has 1 aromatic rings. The molecule has 0 aromatic carbocycles. The summed E-state index contributed by atoms with van der Waals surface area (Å²) >= 11 is 0. The Morgan fingerprint density at radius 3 is 2.74 bits per heavy atom. The van der Waals surface area contributed by atoms with Crippen LogP contribution in [-0.2, 0) is 20.4 Å². The predicted molar refractivity (Wildman–Crippen MR) is 122 cm³/mol. The highest BCUT2D eigenvalue weighted by atomic mass is 19.4. The molecule has 1 aliphatic carbocycles. The zero-order valence-corrected chi connectivity index (χ0v) is 19.9. The average molecular weight is 485 g/mol. The number of hydrogen-bond donors (Lipinski definition) is 1. The summed E-state index contributed by atoms with van der Waals surface area (Å²) in [7, 11) is 1.71. The van der Waals surface area contributed by atoms with Gasteiger partial charge in [-0.25, -0.2) is 4.98 Å². The van der Waals surface area contributed by atoms with Crippen molar-refractivity contribution in [3.63, 3.8) is 0 Å². The van der Waals surface area contributed by atoms with Crippen molar-refractivity contribution >= 4 is 11.7 Å². The highest BCUT2D eigenvalue weighted by Crippen LogP contribution is 2.43. The summed E-state index contributed by atoms with van der Waals surface area (Å²) < 4.78 is 50.3. The Morgan fingerprint density at radius 1 is 1.29 bits per heavy atom. The van der Waals surface area contributed by atoms with Gasteiger partial charge in [0.25, 0.3) is 0 Å². The highest BCUT2D eigenvalue weighted by molar-refractivity contribution is 5.83. The summed E-state index contributed by atoms with van der Waals surface area (Å²) in [6.45, 7) is 5.30. The maximum absolute atomic E-state index is 13.6. The normalized spacial score (nSPS) is 30.6. The molecular formula is C24H35F3N4O3. The molecule has 4 rings (SSSR count). The van der Waals surface area contributed by atoms with Crippen LogP contribution in [0.3, 0.4) is 0 Å². The predicted octanol–water partition coefficient (Wildman–Crippen LogP) is 3.09. The highest BCUT2D eigenvalue weighted by Gasteiger charge is 2.47. The number of rotatable bonds is 6. The van der Waals surface area contributed by atoms with E-state index in [-0.39, 0.29) is 29.5 Å². The van der Waals surface area contributed by atoms with Gasteiger partial charge in [-0.15, -0.1) is 0 Å². The number of methoxy groups -OCH3 is 1. The van der Waals surface area contributed by atoms with E-state index in [4.69, 9.17) is 9.47 Å². The summed E-state index contributed by atoms with van der Waals surface area (Å²) in [6.07, 6.45) is 1.08. The molecule has 3 fully saturated rings. The fourth-order valence-corrected chi connectivity index (χ4v) is 5.61. The first kappa shape index (κ1) is 25.2. The van der Waals surface area contributed by atoms with Crippen LogP contribution in [0.25, 0.3) is 0 Å². The lowest BCUT2D eigenvalue weighted by Crippen LogP contribution is -2.54. The van der Waals surface area contributed by atoms with Crippen molar-refractivity contribution in [2.45, 2.75) is 63.4 Å². The first-order valence-corrected chi connectivity index (χ1v) is 12.2. The van der Waals surface area contributed by atoms with Gasteiger partial charge in [0.05, 0.1) is 23.7 Å². The SMILES string of the molecule is CC[C@]1(C(=O)N2CCN(c3cc(C(F)(F)F)ccn3)CC2)CC[C@@H](NC2CCOCC2OC)C1. The lowest BCUT2D eigenvalue weighted by molar-refractivity contribution is -0.142. The van der Waals surface area contributed by atoms with Crippen molar-refractivity contribution in [1.82, 2.24) is 15.2 Å². The van der Waals surface area contributed by atoms with Crippen LogP contribution in [0.1, 0.15) is 44.6 Å². The number of halogens is 3. The standard InChI is InChI=1S/C24H35F3N4O3/c1-3-23(7-4-18(15-23)29-19-6-13-34-16-20(19)33-2)22(32)31-11-9-30(10-12-31)21-14-17(5-8-28-21)24(25,26)27/h5,8,14,18-20,29H,3-4,6-7,9-13,15-16H2,1-2H3/t18-,19?,20?,23+/m1/s1. The summed E-state index contributed by atoms with van der Waals surface area (Å²) in [4.78, 5) is 21.5. The van der Waals surface area contributed by atoms with Gasteiger partial charge in [0, 0.05) is 58.2 Å². The van der Waals surface area contributed by atoms with E-state index in [0.717, 1.165) is 44.2 Å². The molecule has 2 saturated heterocycles. The van der Waals surface area contributed by atoms with E-state index in [9.17, 15) is 18.0 Å². The first-order valence-electron chi connectivity index (χ1n) is 12.2. The van der Waals surface area contributed by atoms with E-state index in [1.54, 1.807) is 7.11 Å². The number of piperazine rings is 1. The molecule has 2 unspecified atom stereocenters. The Balaban J connectivity index is 1.35. The molecule has 0 spiro atoms. The molecule has 4 atom stereocenters. The molecule has 1 N–H and O–H groups in total. The van der Waals surface area contributed by atoms with E-state index in [0.29, 0.717) is 45.2 Å². The molecule has 10 heteroatoms. The van der Waals surface area contributed by atoms with Crippen molar-refractivity contribution in [1.29, 1.82) is 0 Å². The summed E-state index contributed by atoms with van der Waals surface area (Å²) in [5.41, 5.74) is -1.09. The average Bonchev–Trinajstić information content (AvgIpc) is 3.28. The van der Waals surface area contributed by atoms with Gasteiger partial charge in [-0.2, -0.15) is 13.2 Å². The Hall–Kier alpha value is -1.91. The maximum Gasteiger partial charge on any atom is 0.416 e. The number of nitrogens with zero attached hydrogens (tertiary/aromatic N) is 3. The lowest BCUT2D eigenvalue weighted by atomic mass is 9.81. The number of alkyl halides is 3. The number of aromatic nitrogens is 1. The van der Waals surface area contributed by atoms with Gasteiger partial charge in [-0.05, 0) is 44.2 Å². The van der Waals surface area contributed by atoms with Crippen LogP contribution < -0.4 is 10.2 Å². The minimum atomic E-state index is -4.40. The maximum atomic E-state index is 13.6. The van der Waals surface area contributed by atoms with Crippen molar-refractivity contribution < 1.29 is 27.4 Å². The molecule has 34 heavy (non-hydrogen) atoms. The third kappa shape index (κ3) is 5.33. The van der Waals surface area contributed by atoms with E-state index >= 15 is 0 Å². The van der Waals surface area contributed by atoms with E-state index < -0.39 is 11.7 Å². The lowest BCUT2D eigenvalue weighted by Gasteiger charge is -2.40. The molecule has 1 amide bonds. The van der Waals surface area contributed by atoms with Crippen LogP contribution in [-0.4, -0.2) is 80.5 Å². The van der Waals surface area contributed by atoms with Gasteiger partial charge in [0.1, 0.15) is 5.82 Å². The zero-order chi connectivity index (χ0) is 24.3. The number of pyridine rings is 1. The second kappa shape index (κ2) is 10.4. The van der Waals surface area contributed by atoms with Crippen LogP contribution in [0.15, 0.2) is 18.3 Å². The van der Waals surface area contributed by atoms with Crippen LogP contribution in [0.4, 0.5) is 19.0 Å². The summed E-state index contributed by atoms with van der Waals surface area (Å²) in [6, 6.07) is 2.56. The molecule has 7 nitrogen and oxygen atoms in total. The van der Waals surface area contributed by atoms with Crippen LogP contribution >= 0.6 is 0 Å². The number of amides is 1. The van der Waals surface area contributed by atoms with E-state index in [1.165, 1.54) is 6.20 Å². The Bertz CT molecular complexity index is 847. The van der Waals surface area contributed by atoms with Gasteiger partial charge < -0.3 is 24.6 Å². The van der Waals surface area contributed by atoms with Crippen LogP contribution in [0.2, 0.25) is 0 Å². The third-order valence-electron chi connectivity index (χ3n) is 7.76. The van der Waals surface area contributed by atoms with E-state index in [1.807, 2.05) is 9.80 Å². The number of ether oxygens (including phenoxy) is 2. The fraction of sp³-hybridized carbons (Fsp3) is 0.750. The molecular weight excluding hydrogens is 449 g/mol. The summed E-state index contributed by atoms with van der Waals surface area (Å²) in [5, 5.41) is 3.73. The first-order chi connectivity index (χ1) is 16.3. The second-order valence-electron chi connectivity index (χ2n) is 9.66. The Labute approximate surface area is 199 Å². The molecule has 1 aromatic heterocycles. The molecule has 190 valence electrons. The van der Waals surface area contributed by atoms with E-state index in [2.05, 4.69) is 17.2 Å². The Morgan fingerprint density at radius 2 is 2.06 bits per heavy atom. The van der Waals surface area contributed by atoms with Crippen LogP contribution in [0, 0.1) is 5.41 Å². The van der Waals surface area contributed by atoms with Crippen molar-refractivity contribution in [2.24, 2.45) is 5.41 Å². The summed E-state index contributed by atoms with van der Waals surface area (Å²) in [5.74, 6) is 0.479. The second-order valence-corrected chi connectivity index (χ2v) is 9.66. The van der Waals surface area contributed by atoms with Gasteiger partial charge in [0.15, 0.2) is 0 Å². The van der Waals surface area contributed by atoms with Crippen molar-refractivity contribution in [3.05, 3.63) is 23.9 Å². The number of nitrogens with one attached hydrogen (secondary N) is 1. The minimum absolute atomic E-state index is 0.0265. The topological polar surface area (TPSA) is 66.9 Å². The van der Waals surface area contributed by atoms with Gasteiger partial charge >= 0.3 is 6.18 Å². The molecule has 1 saturated carbocycles. The molecule has 2 aliphatic heterocycles. The van der Waals surface area contributed by atoms with Crippen LogP contribution in [0.5, 0.6) is 0 Å². The smallest absolute Gasteiger partial charge is 0.379 e. The largest absolute Gasteiger partial charge is 0.416 e. The number of carbonyl (C=O) groups excluding carboxylic acids is 1. The van der Waals surface area contributed by atoms with Gasteiger partial charge in [0.2, 0.25) is 5.91 Å². The zero-order valence-electron chi connectivity index (χ0n) is 19.9. The molecule has 0 radical (unpaired) electrons. The van der Waals surface area contributed by atoms with Gasteiger partial charge in [-0.3, -0.25) is 4.79 Å². The minimum Gasteiger partial charge on any atom is -0.379 e. The van der Waals surface area contributed by atoms with Crippen molar-refractivity contribution in [3.8, 4) is 0 Å². The Kier molecular flexibility index (Phi) is 7.69. The monoisotopic (exact) mass is 484 g/mol. The molecule has 0 bridgehead atoms. The molecule has 3 heterocycles. The third-order valence-corrected chi connectivity index (χ3v) is 7.76. The quantitative estimate of drug-likeness (QED) is 0.670. The fourth-order valence-electron chi connectivity index (χ4n) is 5.61. The number of carbonyl (C=O) groups is 1. The number of hydrogen-bond acceptors (Lipinski definition) is 6. The number of anilines is 1. The van der Waals surface area contributed by atoms with Crippen molar-refractivity contribution in [2.75, 3.05) is 51.4 Å². The van der Waals surface area contributed by atoms with Gasteiger partial charge in [-0.1, -0.05) is 6.92 Å².